The fourth-order valence-corrected chi connectivity index (χ4v) is 6.07. The highest BCUT2D eigenvalue weighted by atomic mass is 32.2. The summed E-state index contributed by atoms with van der Waals surface area (Å²) in [5, 5.41) is 2.62. The minimum Gasteiger partial charge on any atom is -0.337 e. The molecule has 2 N–H and O–H groups in total. The van der Waals surface area contributed by atoms with Crippen LogP contribution < -0.4 is 10.0 Å². The molecule has 0 saturated heterocycles. The summed E-state index contributed by atoms with van der Waals surface area (Å²) in [6, 6.07) is 24.6. The van der Waals surface area contributed by atoms with Crippen LogP contribution in [0.2, 0.25) is 0 Å². The van der Waals surface area contributed by atoms with E-state index in [0.29, 0.717) is 18.4 Å². The lowest BCUT2D eigenvalue weighted by atomic mass is 9.99. The maximum Gasteiger partial charge on any atom is 0.328 e. The molecule has 5 aromatic rings. The van der Waals surface area contributed by atoms with Crippen molar-refractivity contribution < 1.29 is 18.0 Å². The number of pyridine rings is 1. The highest BCUT2D eigenvalue weighted by Gasteiger charge is 2.23. The molecule has 10 heteroatoms. The maximum absolute atomic E-state index is 13.0. The van der Waals surface area contributed by atoms with Crippen molar-refractivity contribution in [1.82, 2.24) is 24.6 Å². The van der Waals surface area contributed by atoms with Gasteiger partial charge in [0.25, 0.3) is 10.0 Å². The zero-order valence-corrected chi connectivity index (χ0v) is 26.0. The van der Waals surface area contributed by atoms with Crippen LogP contribution in [0.4, 0.5) is 4.79 Å². The van der Waals surface area contributed by atoms with Crippen molar-refractivity contribution in [1.29, 1.82) is 0 Å². The monoisotopic (exact) mass is 609 g/mol. The van der Waals surface area contributed by atoms with Crippen molar-refractivity contribution in [3.8, 4) is 5.69 Å². The zero-order chi connectivity index (χ0) is 31.4. The number of aromatic nitrogens is 3. The highest BCUT2D eigenvalue weighted by molar-refractivity contribution is 7.90. The van der Waals surface area contributed by atoms with E-state index in [1.807, 2.05) is 92.9 Å². The van der Waals surface area contributed by atoms with Crippen molar-refractivity contribution in [3.05, 3.63) is 119 Å². The third-order valence-electron chi connectivity index (χ3n) is 7.44. The molecular weight excluding hydrogens is 574 g/mol. The van der Waals surface area contributed by atoms with E-state index >= 15 is 0 Å². The van der Waals surface area contributed by atoms with E-state index in [1.54, 1.807) is 12.1 Å². The number of nitrogens with zero attached hydrogens (tertiary/aromatic N) is 3. The summed E-state index contributed by atoms with van der Waals surface area (Å²) in [6.45, 7) is 8.06. The van der Waals surface area contributed by atoms with Gasteiger partial charge in [-0.2, -0.15) is 0 Å². The molecule has 0 aliphatic carbocycles. The molecule has 3 aromatic carbocycles. The first kappa shape index (κ1) is 30.6. The Hall–Kier alpha value is -4.83. The molecule has 226 valence electrons. The van der Waals surface area contributed by atoms with Gasteiger partial charge in [0.2, 0.25) is 0 Å². The number of nitrogens with one attached hydrogen (secondary N) is 2. The van der Waals surface area contributed by atoms with E-state index < -0.39 is 16.1 Å². The highest BCUT2D eigenvalue weighted by Crippen LogP contribution is 2.30. The number of ketones is 1. The first-order valence-corrected chi connectivity index (χ1v) is 15.9. The van der Waals surface area contributed by atoms with E-state index in [0.717, 1.165) is 45.1 Å². The number of Topliss-reactive ketones (excluding diaryl/α,β-unsaturated/α-hetero) is 1. The van der Waals surface area contributed by atoms with Gasteiger partial charge in [-0.3, -0.25) is 9.36 Å². The second-order valence-electron chi connectivity index (χ2n) is 11.0. The third-order valence-corrected chi connectivity index (χ3v) is 8.79. The van der Waals surface area contributed by atoms with E-state index in [4.69, 9.17) is 9.97 Å². The number of urea groups is 1. The standard InChI is InChI=1S/C34H35N5O4S/c1-22-10-16-29(17-11-22)44(42,43)38-34(41)35-19-18-26-12-14-28(15-13-26)39-32(37-31-23(2)20-25(4)36-33(31)39)24(3)21-30(40)27-8-6-5-7-9-27/h5-17,20,24H,18-19,21H2,1-4H3,(H2,35,38,41). The number of carbonyl (C=O) groups is 2. The Kier molecular flexibility index (Phi) is 8.91. The largest absolute Gasteiger partial charge is 0.337 e. The number of imidazole rings is 1. The fourth-order valence-electron chi connectivity index (χ4n) is 5.14. The summed E-state index contributed by atoms with van der Waals surface area (Å²) in [5.74, 6) is 0.637. The van der Waals surface area contributed by atoms with Crippen molar-refractivity contribution in [2.75, 3.05) is 6.54 Å². The van der Waals surface area contributed by atoms with Gasteiger partial charge in [-0.1, -0.05) is 67.1 Å². The number of hydrogen-bond donors (Lipinski definition) is 2. The summed E-state index contributed by atoms with van der Waals surface area (Å²) in [5.41, 5.74) is 6.83. The SMILES string of the molecule is Cc1ccc(S(=O)(=O)NC(=O)NCCc2ccc(-n3c(C(C)CC(=O)c4ccccc4)nc4c(C)cc(C)nc43)cc2)cc1. The number of benzene rings is 3. The van der Waals surface area contributed by atoms with E-state index in [9.17, 15) is 18.0 Å². The van der Waals surface area contributed by atoms with Crippen molar-refractivity contribution in [2.24, 2.45) is 0 Å². The van der Waals surface area contributed by atoms with Gasteiger partial charge in [-0.05, 0) is 68.7 Å². The Bertz CT molecular complexity index is 1920. The fraction of sp³-hybridized carbons (Fsp3) is 0.235. The molecule has 5 rings (SSSR count). The van der Waals surface area contributed by atoms with Crippen LogP contribution in [-0.2, 0) is 16.4 Å². The molecule has 0 bridgehead atoms. The van der Waals surface area contributed by atoms with Crippen LogP contribution >= 0.6 is 0 Å². The minimum absolute atomic E-state index is 0.0267. The zero-order valence-electron chi connectivity index (χ0n) is 25.2. The minimum atomic E-state index is -3.96. The Morgan fingerprint density at radius 1 is 0.886 bits per heavy atom. The molecule has 0 aliphatic heterocycles. The topological polar surface area (TPSA) is 123 Å². The summed E-state index contributed by atoms with van der Waals surface area (Å²) < 4.78 is 29.0. The van der Waals surface area contributed by atoms with Gasteiger partial charge >= 0.3 is 6.03 Å². The number of carbonyl (C=O) groups excluding carboxylic acids is 2. The van der Waals surface area contributed by atoms with Crippen LogP contribution in [-0.4, -0.2) is 41.3 Å². The molecule has 2 heterocycles. The van der Waals surface area contributed by atoms with Gasteiger partial charge in [-0.15, -0.1) is 0 Å². The van der Waals surface area contributed by atoms with Crippen LogP contribution in [0.3, 0.4) is 0 Å². The average molecular weight is 610 g/mol. The Morgan fingerprint density at radius 3 is 2.25 bits per heavy atom. The second kappa shape index (κ2) is 12.8. The van der Waals surface area contributed by atoms with E-state index in [1.165, 1.54) is 12.1 Å². The molecule has 0 radical (unpaired) electrons. The maximum atomic E-state index is 13.0. The molecule has 44 heavy (non-hydrogen) atoms. The molecule has 0 fully saturated rings. The van der Waals surface area contributed by atoms with Crippen LogP contribution in [0.25, 0.3) is 16.9 Å². The molecule has 0 spiro atoms. The lowest BCUT2D eigenvalue weighted by Crippen LogP contribution is -2.40. The number of hydrogen-bond acceptors (Lipinski definition) is 6. The van der Waals surface area contributed by atoms with Crippen LogP contribution in [0.1, 0.15) is 57.8 Å². The lowest BCUT2D eigenvalue weighted by molar-refractivity contribution is 0.0974. The normalized spacial score (nSPS) is 12.2. The molecule has 1 atom stereocenters. The quantitative estimate of drug-likeness (QED) is 0.189. The molecule has 0 aliphatic rings. The summed E-state index contributed by atoms with van der Waals surface area (Å²) in [7, 11) is -3.96. The Morgan fingerprint density at radius 2 is 1.57 bits per heavy atom. The predicted octanol–water partition coefficient (Wildman–Crippen LogP) is 5.95. The third kappa shape index (κ3) is 6.86. The summed E-state index contributed by atoms with van der Waals surface area (Å²) in [4.78, 5) is 35.2. The lowest BCUT2D eigenvalue weighted by Gasteiger charge is -2.15. The molecule has 9 nitrogen and oxygen atoms in total. The second-order valence-corrected chi connectivity index (χ2v) is 12.7. The van der Waals surface area contributed by atoms with Crippen molar-refractivity contribution in [2.45, 2.75) is 51.3 Å². The van der Waals surface area contributed by atoms with Crippen LogP contribution in [0.5, 0.6) is 0 Å². The van der Waals surface area contributed by atoms with Crippen LogP contribution in [0.15, 0.2) is 89.8 Å². The molecule has 1 unspecified atom stereocenters. The van der Waals surface area contributed by atoms with E-state index in [-0.39, 0.29) is 23.1 Å². The summed E-state index contributed by atoms with van der Waals surface area (Å²) >= 11 is 0. The van der Waals surface area contributed by atoms with Gasteiger partial charge < -0.3 is 5.32 Å². The first-order chi connectivity index (χ1) is 21.0. The van der Waals surface area contributed by atoms with Gasteiger partial charge in [0, 0.05) is 35.8 Å². The van der Waals surface area contributed by atoms with Gasteiger partial charge in [0.15, 0.2) is 11.4 Å². The average Bonchev–Trinajstić information content (AvgIpc) is 3.38. The first-order valence-electron chi connectivity index (χ1n) is 14.4. The summed E-state index contributed by atoms with van der Waals surface area (Å²) in [6.07, 6.45) is 0.797. The molecule has 2 amide bonds. The number of aryl methyl sites for hydroxylation is 3. The van der Waals surface area contributed by atoms with E-state index in [2.05, 4.69) is 10.0 Å². The molecule has 0 saturated carbocycles. The van der Waals surface area contributed by atoms with Crippen molar-refractivity contribution in [3.63, 3.8) is 0 Å². The van der Waals surface area contributed by atoms with Crippen LogP contribution in [0, 0.1) is 20.8 Å². The number of fused-ring (bicyclic) bond motifs is 1. The predicted molar refractivity (Wildman–Crippen MR) is 171 cm³/mol. The number of sulfonamides is 1. The number of amides is 2. The Balaban J connectivity index is 1.31. The molecule has 2 aromatic heterocycles. The van der Waals surface area contributed by atoms with Gasteiger partial charge in [0.05, 0.1) is 4.90 Å². The number of rotatable bonds is 10. The van der Waals surface area contributed by atoms with Gasteiger partial charge in [0.1, 0.15) is 11.3 Å². The Labute approximate surface area is 257 Å². The van der Waals surface area contributed by atoms with Crippen molar-refractivity contribution >= 4 is 33.0 Å². The van der Waals surface area contributed by atoms with Gasteiger partial charge in [-0.25, -0.2) is 27.9 Å². The molecular formula is C34H35N5O4S. The smallest absolute Gasteiger partial charge is 0.328 e.